The first-order valence-corrected chi connectivity index (χ1v) is 21.1. The van der Waals surface area contributed by atoms with Gasteiger partial charge in [-0.15, -0.1) is 0 Å². The molecular formula is C43H77NO7. The van der Waals surface area contributed by atoms with Crippen LogP contribution in [0.2, 0.25) is 0 Å². The van der Waals surface area contributed by atoms with Crippen molar-refractivity contribution in [2.75, 3.05) is 19.8 Å². The predicted octanol–water partition coefficient (Wildman–Crippen LogP) is 11.1. The standard InChI is InChI=1S/C43H77NO7/c1-3-5-7-9-11-19-26-37-49-40(45)30-21-15-13-17-24-34-43(44,51-42(47)33-32-39-29-23-28-36-48-39)35-25-18-14-16-22-31-41(46)50-38-27-20-12-10-8-6-4-2/h19-20,26-27,39H,3-18,21-25,28-38,44H2,1-2H3/b26-19+,27-20+. The molecule has 1 aliphatic heterocycles. The zero-order valence-electron chi connectivity index (χ0n) is 32.9. The number of ether oxygens (including phenoxy) is 4. The Kier molecular flexibility index (Phi) is 30.9. The molecule has 0 amide bonds. The number of allylic oxidation sites excluding steroid dienone is 2. The van der Waals surface area contributed by atoms with Crippen molar-refractivity contribution < 1.29 is 33.3 Å². The third-order valence-electron chi connectivity index (χ3n) is 9.69. The van der Waals surface area contributed by atoms with E-state index in [1.165, 1.54) is 51.4 Å². The van der Waals surface area contributed by atoms with Crippen LogP contribution in [0.1, 0.15) is 200 Å². The van der Waals surface area contributed by atoms with E-state index in [0.717, 1.165) is 103 Å². The Morgan fingerprint density at radius 3 is 1.59 bits per heavy atom. The number of hydrogen-bond donors (Lipinski definition) is 1. The van der Waals surface area contributed by atoms with Crippen molar-refractivity contribution in [1.29, 1.82) is 0 Å². The summed E-state index contributed by atoms with van der Waals surface area (Å²) >= 11 is 0. The zero-order valence-corrected chi connectivity index (χ0v) is 32.9. The zero-order chi connectivity index (χ0) is 37.1. The van der Waals surface area contributed by atoms with Gasteiger partial charge in [0, 0.05) is 38.7 Å². The third-order valence-corrected chi connectivity index (χ3v) is 9.69. The van der Waals surface area contributed by atoms with Crippen molar-refractivity contribution in [2.24, 2.45) is 5.73 Å². The molecule has 1 rings (SSSR count). The fourth-order valence-corrected chi connectivity index (χ4v) is 6.44. The van der Waals surface area contributed by atoms with Gasteiger partial charge in [-0.3, -0.25) is 20.1 Å². The molecule has 1 aliphatic rings. The molecule has 8 nitrogen and oxygen atoms in total. The van der Waals surface area contributed by atoms with Crippen LogP contribution >= 0.6 is 0 Å². The first-order valence-electron chi connectivity index (χ1n) is 21.1. The summed E-state index contributed by atoms with van der Waals surface area (Å²) in [5, 5.41) is 0. The molecule has 0 spiro atoms. The maximum absolute atomic E-state index is 12.9. The molecule has 8 heteroatoms. The van der Waals surface area contributed by atoms with Gasteiger partial charge in [0.1, 0.15) is 13.2 Å². The SMILES string of the molecule is CCCCCC/C=C/COC(=O)CCCCCCCC(N)(CCCCCCCC(=O)OC/C=C/CCCCCC)OC(=O)CCC1CCCCO1. The summed E-state index contributed by atoms with van der Waals surface area (Å²) in [4.78, 5) is 36.9. The van der Waals surface area contributed by atoms with E-state index in [0.29, 0.717) is 51.7 Å². The van der Waals surface area contributed by atoms with E-state index in [1.807, 2.05) is 12.2 Å². The molecule has 51 heavy (non-hydrogen) atoms. The van der Waals surface area contributed by atoms with Crippen molar-refractivity contribution in [3.8, 4) is 0 Å². The van der Waals surface area contributed by atoms with Crippen LogP contribution in [0.3, 0.4) is 0 Å². The molecule has 0 aromatic rings. The van der Waals surface area contributed by atoms with Gasteiger partial charge in [0.25, 0.3) is 0 Å². The van der Waals surface area contributed by atoms with Gasteiger partial charge >= 0.3 is 17.9 Å². The van der Waals surface area contributed by atoms with Crippen LogP contribution in [0.25, 0.3) is 0 Å². The average molecular weight is 720 g/mol. The quantitative estimate of drug-likeness (QED) is 0.0230. The van der Waals surface area contributed by atoms with Crippen molar-refractivity contribution in [3.05, 3.63) is 24.3 Å². The molecule has 0 radical (unpaired) electrons. The van der Waals surface area contributed by atoms with E-state index in [-0.39, 0.29) is 24.0 Å². The number of rotatable bonds is 34. The topological polar surface area (TPSA) is 114 Å². The lowest BCUT2D eigenvalue weighted by Crippen LogP contribution is -2.44. The highest BCUT2D eigenvalue weighted by atomic mass is 16.6. The minimum Gasteiger partial charge on any atom is -0.461 e. The van der Waals surface area contributed by atoms with Crippen molar-refractivity contribution in [3.63, 3.8) is 0 Å². The summed E-state index contributed by atoms with van der Waals surface area (Å²) in [5.74, 6) is -0.497. The molecule has 0 saturated carbocycles. The second-order valence-electron chi connectivity index (χ2n) is 14.6. The Balaban J connectivity index is 2.28. The van der Waals surface area contributed by atoms with Crippen LogP contribution in [0, 0.1) is 0 Å². The van der Waals surface area contributed by atoms with E-state index in [2.05, 4.69) is 26.0 Å². The van der Waals surface area contributed by atoms with Gasteiger partial charge in [-0.05, 0) is 77.0 Å². The lowest BCUT2D eigenvalue weighted by molar-refractivity contribution is -0.162. The summed E-state index contributed by atoms with van der Waals surface area (Å²) in [6, 6.07) is 0. The Morgan fingerprint density at radius 1 is 0.608 bits per heavy atom. The van der Waals surface area contributed by atoms with E-state index >= 15 is 0 Å². The molecule has 1 heterocycles. The molecule has 0 aromatic heterocycles. The van der Waals surface area contributed by atoms with Gasteiger partial charge in [-0.1, -0.05) is 115 Å². The largest absolute Gasteiger partial charge is 0.461 e. The summed E-state index contributed by atoms with van der Waals surface area (Å²) in [7, 11) is 0. The number of esters is 3. The fraction of sp³-hybridized carbons (Fsp3) is 0.837. The smallest absolute Gasteiger partial charge is 0.307 e. The molecule has 0 aliphatic carbocycles. The highest BCUT2D eigenvalue weighted by Crippen LogP contribution is 2.25. The lowest BCUT2D eigenvalue weighted by atomic mass is 9.97. The fourth-order valence-electron chi connectivity index (χ4n) is 6.44. The number of carbonyl (C=O) groups is 3. The predicted molar refractivity (Wildman–Crippen MR) is 208 cm³/mol. The second-order valence-corrected chi connectivity index (χ2v) is 14.6. The maximum atomic E-state index is 12.9. The molecule has 296 valence electrons. The van der Waals surface area contributed by atoms with Gasteiger partial charge in [-0.25, -0.2) is 0 Å². The first-order chi connectivity index (χ1) is 24.9. The molecule has 0 bridgehead atoms. The van der Waals surface area contributed by atoms with Crippen LogP contribution in [0.15, 0.2) is 24.3 Å². The van der Waals surface area contributed by atoms with Gasteiger partial charge in [0.15, 0.2) is 5.72 Å². The Labute approximate surface area is 312 Å². The molecule has 1 atom stereocenters. The highest BCUT2D eigenvalue weighted by molar-refractivity contribution is 5.70. The maximum Gasteiger partial charge on any atom is 0.307 e. The minimum atomic E-state index is -0.967. The van der Waals surface area contributed by atoms with E-state index in [4.69, 9.17) is 24.7 Å². The van der Waals surface area contributed by atoms with Crippen molar-refractivity contribution >= 4 is 17.9 Å². The molecule has 1 fully saturated rings. The number of hydrogen-bond acceptors (Lipinski definition) is 8. The Morgan fingerprint density at radius 2 is 1.10 bits per heavy atom. The number of carbonyl (C=O) groups excluding carboxylic acids is 3. The molecule has 0 aromatic carbocycles. The third kappa shape index (κ3) is 30.0. The molecule has 2 N–H and O–H groups in total. The van der Waals surface area contributed by atoms with Crippen molar-refractivity contribution in [2.45, 2.75) is 212 Å². The van der Waals surface area contributed by atoms with Gasteiger partial charge in [0.2, 0.25) is 0 Å². The summed E-state index contributed by atoms with van der Waals surface area (Å²) in [6.45, 7) is 5.92. The van der Waals surface area contributed by atoms with Crippen molar-refractivity contribution in [1.82, 2.24) is 0 Å². The van der Waals surface area contributed by atoms with Gasteiger partial charge in [0.05, 0.1) is 6.10 Å². The van der Waals surface area contributed by atoms with Crippen LogP contribution < -0.4 is 5.73 Å². The minimum absolute atomic E-state index is 0.131. The summed E-state index contributed by atoms with van der Waals surface area (Å²) in [6.07, 6.45) is 36.0. The second kappa shape index (κ2) is 33.6. The van der Waals surface area contributed by atoms with Crippen LogP contribution in [0.5, 0.6) is 0 Å². The highest BCUT2D eigenvalue weighted by Gasteiger charge is 2.29. The number of unbranched alkanes of at least 4 members (excludes halogenated alkanes) is 16. The molecule has 1 unspecified atom stereocenters. The molecule has 1 saturated heterocycles. The summed E-state index contributed by atoms with van der Waals surface area (Å²) in [5.41, 5.74) is 5.79. The number of nitrogens with two attached hydrogens (primary N) is 1. The first kappa shape index (κ1) is 46.8. The van der Waals surface area contributed by atoms with Crippen LogP contribution in [-0.4, -0.2) is 49.6 Å². The van der Waals surface area contributed by atoms with E-state index in [1.54, 1.807) is 0 Å². The monoisotopic (exact) mass is 720 g/mol. The van der Waals surface area contributed by atoms with Gasteiger partial charge < -0.3 is 18.9 Å². The van der Waals surface area contributed by atoms with Crippen LogP contribution in [0.4, 0.5) is 0 Å². The summed E-state index contributed by atoms with van der Waals surface area (Å²) < 4.78 is 22.4. The van der Waals surface area contributed by atoms with Crippen LogP contribution in [-0.2, 0) is 33.3 Å². The lowest BCUT2D eigenvalue weighted by Gasteiger charge is -2.30. The normalized spacial score (nSPS) is 15.1. The average Bonchev–Trinajstić information content (AvgIpc) is 3.12. The van der Waals surface area contributed by atoms with E-state index < -0.39 is 5.72 Å². The Bertz CT molecular complexity index is 860. The van der Waals surface area contributed by atoms with E-state index in [9.17, 15) is 14.4 Å². The molecular weight excluding hydrogens is 642 g/mol. The van der Waals surface area contributed by atoms with Gasteiger partial charge in [-0.2, -0.15) is 0 Å². The Hall–Kier alpha value is -2.19.